The first-order valence-corrected chi connectivity index (χ1v) is 12.4. The van der Waals surface area contributed by atoms with Crippen LogP contribution in [0.1, 0.15) is 38.6 Å². The van der Waals surface area contributed by atoms with Gasteiger partial charge in [0, 0.05) is 11.6 Å². The van der Waals surface area contributed by atoms with Crippen LogP contribution in [-0.4, -0.2) is 56.1 Å². The largest absolute Gasteiger partial charge is 0.492 e. The molecule has 0 atom stereocenters. The molecule has 9 heteroatoms. The lowest BCUT2D eigenvalue weighted by atomic mass is 9.98. The van der Waals surface area contributed by atoms with Crippen LogP contribution in [-0.2, 0) is 0 Å². The van der Waals surface area contributed by atoms with Gasteiger partial charge in [-0.15, -0.1) is 0 Å². The first kappa shape index (κ1) is 24.1. The number of ether oxygens (including phenoxy) is 1. The molecule has 36 heavy (non-hydrogen) atoms. The summed E-state index contributed by atoms with van der Waals surface area (Å²) in [6.07, 6.45) is 5.17. The van der Waals surface area contributed by atoms with E-state index in [0.717, 1.165) is 48.5 Å². The highest BCUT2D eigenvalue weighted by Gasteiger charge is 2.18. The van der Waals surface area contributed by atoms with E-state index in [0.29, 0.717) is 23.9 Å². The molecule has 1 aromatic carbocycles. The van der Waals surface area contributed by atoms with Crippen molar-refractivity contribution in [3.63, 3.8) is 0 Å². The molecule has 4 heterocycles. The number of aromatic nitrogens is 5. The maximum Gasteiger partial charge on any atom is 0.229 e. The van der Waals surface area contributed by atoms with Crippen molar-refractivity contribution in [1.29, 1.82) is 0 Å². The molecule has 0 amide bonds. The molecule has 5 rings (SSSR count). The van der Waals surface area contributed by atoms with Gasteiger partial charge in [-0.25, -0.2) is 24.3 Å². The second-order valence-corrected chi connectivity index (χ2v) is 9.78. The second kappa shape index (κ2) is 10.2. The van der Waals surface area contributed by atoms with E-state index in [9.17, 15) is 4.39 Å². The number of anilines is 2. The highest BCUT2D eigenvalue weighted by atomic mass is 19.1. The average molecular weight is 490 g/mol. The minimum atomic E-state index is -0.488. The zero-order chi connectivity index (χ0) is 25.2. The number of piperidine rings is 1. The van der Waals surface area contributed by atoms with Gasteiger partial charge in [0.1, 0.15) is 23.1 Å². The Bertz CT molecular complexity index is 1340. The molecule has 0 radical (unpaired) electrons. The van der Waals surface area contributed by atoms with Gasteiger partial charge < -0.3 is 19.5 Å². The molecule has 1 fully saturated rings. The number of aryl methyl sites for hydroxylation is 1. The van der Waals surface area contributed by atoms with Crippen molar-refractivity contribution < 1.29 is 9.13 Å². The fourth-order valence-electron chi connectivity index (χ4n) is 4.74. The van der Waals surface area contributed by atoms with Crippen molar-refractivity contribution >= 4 is 22.8 Å². The quantitative estimate of drug-likeness (QED) is 0.373. The zero-order valence-corrected chi connectivity index (χ0v) is 21.2. The first-order chi connectivity index (χ1) is 17.4. The number of rotatable bonds is 7. The molecule has 1 N–H and O–H groups in total. The van der Waals surface area contributed by atoms with Crippen LogP contribution < -0.4 is 10.1 Å². The van der Waals surface area contributed by atoms with E-state index in [1.807, 2.05) is 37.3 Å². The van der Waals surface area contributed by atoms with Crippen molar-refractivity contribution in [2.75, 3.05) is 32.1 Å². The van der Waals surface area contributed by atoms with Crippen LogP contribution >= 0.6 is 0 Å². The van der Waals surface area contributed by atoms with Crippen molar-refractivity contribution in [3.05, 3.63) is 54.4 Å². The summed E-state index contributed by atoms with van der Waals surface area (Å²) in [7, 11) is 2.16. The molecule has 1 saturated heterocycles. The Morgan fingerprint density at radius 3 is 2.61 bits per heavy atom. The van der Waals surface area contributed by atoms with E-state index in [-0.39, 0.29) is 17.7 Å². The van der Waals surface area contributed by atoms with Gasteiger partial charge in [-0.05, 0) is 83.9 Å². The lowest BCUT2D eigenvalue weighted by Crippen LogP contribution is -2.32. The predicted octanol–water partition coefficient (Wildman–Crippen LogP) is 5.38. The minimum absolute atomic E-state index is 0.224. The number of hydrogen-bond donors (Lipinski definition) is 1. The van der Waals surface area contributed by atoms with Gasteiger partial charge in [0.25, 0.3) is 0 Å². The second-order valence-electron chi connectivity index (χ2n) is 9.78. The van der Waals surface area contributed by atoms with Gasteiger partial charge in [-0.1, -0.05) is 6.07 Å². The molecule has 188 valence electrons. The molecule has 0 aliphatic carbocycles. The SMILES string of the molecule is Cc1nc2ccc(-c3nc(Nc4ccc(OCC5CCN(C)CC5)cn4)ncc3F)cc2n1C(C)C. The van der Waals surface area contributed by atoms with Crippen LogP contribution in [0.25, 0.3) is 22.3 Å². The number of pyridine rings is 1. The third kappa shape index (κ3) is 5.16. The monoisotopic (exact) mass is 489 g/mol. The Labute approximate surface area is 210 Å². The van der Waals surface area contributed by atoms with E-state index in [2.05, 4.69) is 55.6 Å². The Balaban J connectivity index is 1.30. The van der Waals surface area contributed by atoms with Crippen molar-refractivity contribution in [2.45, 2.75) is 39.7 Å². The molecule has 3 aromatic heterocycles. The molecule has 4 aromatic rings. The Hall–Kier alpha value is -3.59. The summed E-state index contributed by atoms with van der Waals surface area (Å²) in [6.45, 7) is 9.11. The molecule has 0 spiro atoms. The van der Waals surface area contributed by atoms with E-state index in [1.54, 1.807) is 6.20 Å². The topological polar surface area (TPSA) is 81.0 Å². The van der Waals surface area contributed by atoms with Crippen molar-refractivity contribution in [2.24, 2.45) is 5.92 Å². The summed E-state index contributed by atoms with van der Waals surface area (Å²) in [5.74, 6) is 2.57. The maximum absolute atomic E-state index is 14.8. The molecular formula is C27H32FN7O. The summed E-state index contributed by atoms with van der Waals surface area (Å²) in [4.78, 5) is 19.9. The first-order valence-electron chi connectivity index (χ1n) is 12.4. The van der Waals surface area contributed by atoms with Gasteiger partial charge in [0.05, 0.1) is 30.0 Å². The Morgan fingerprint density at radius 2 is 1.89 bits per heavy atom. The summed E-state index contributed by atoms with van der Waals surface area (Å²) in [6, 6.07) is 9.59. The van der Waals surface area contributed by atoms with Crippen LogP contribution in [0.2, 0.25) is 0 Å². The molecule has 8 nitrogen and oxygen atoms in total. The number of nitrogens with one attached hydrogen (secondary N) is 1. The van der Waals surface area contributed by atoms with Crippen LogP contribution in [0, 0.1) is 18.7 Å². The molecular weight excluding hydrogens is 457 g/mol. The smallest absolute Gasteiger partial charge is 0.229 e. The van der Waals surface area contributed by atoms with E-state index >= 15 is 0 Å². The lowest BCUT2D eigenvalue weighted by Gasteiger charge is -2.28. The number of halogens is 1. The van der Waals surface area contributed by atoms with E-state index < -0.39 is 5.82 Å². The van der Waals surface area contributed by atoms with E-state index in [1.165, 1.54) is 6.20 Å². The summed E-state index contributed by atoms with van der Waals surface area (Å²) in [5.41, 5.74) is 2.71. The number of benzene rings is 1. The Morgan fingerprint density at radius 1 is 1.08 bits per heavy atom. The Kier molecular flexibility index (Phi) is 6.82. The summed E-state index contributed by atoms with van der Waals surface area (Å²) >= 11 is 0. The fraction of sp³-hybridized carbons (Fsp3) is 0.407. The van der Waals surface area contributed by atoms with Crippen LogP contribution in [0.3, 0.4) is 0 Å². The minimum Gasteiger partial charge on any atom is -0.492 e. The van der Waals surface area contributed by atoms with Crippen molar-refractivity contribution in [1.82, 2.24) is 29.4 Å². The molecule has 1 aliphatic heterocycles. The highest BCUT2D eigenvalue weighted by molar-refractivity contribution is 5.82. The fourth-order valence-corrected chi connectivity index (χ4v) is 4.74. The molecule has 0 unspecified atom stereocenters. The number of nitrogens with zero attached hydrogens (tertiary/aromatic N) is 6. The lowest BCUT2D eigenvalue weighted by molar-refractivity contribution is 0.160. The average Bonchev–Trinajstić information content (AvgIpc) is 3.21. The summed E-state index contributed by atoms with van der Waals surface area (Å²) < 4.78 is 22.8. The third-order valence-electron chi connectivity index (χ3n) is 6.70. The highest BCUT2D eigenvalue weighted by Crippen LogP contribution is 2.28. The van der Waals surface area contributed by atoms with Crippen molar-refractivity contribution in [3.8, 4) is 17.0 Å². The number of hydrogen-bond acceptors (Lipinski definition) is 7. The number of imidazole rings is 1. The van der Waals surface area contributed by atoms with Gasteiger partial charge >= 0.3 is 0 Å². The molecule has 1 aliphatic rings. The molecule has 0 bridgehead atoms. The standard InChI is InChI=1S/C27H32FN7O/c1-17(2)35-18(3)31-23-7-5-20(13-24(23)35)26-22(28)15-30-27(33-26)32-25-8-6-21(14-29-25)36-16-19-9-11-34(4)12-10-19/h5-8,13-15,17,19H,9-12,16H2,1-4H3,(H,29,30,32,33). The summed E-state index contributed by atoms with van der Waals surface area (Å²) in [5, 5.41) is 3.07. The maximum atomic E-state index is 14.8. The third-order valence-corrected chi connectivity index (χ3v) is 6.70. The van der Waals surface area contributed by atoms with Gasteiger partial charge in [0.2, 0.25) is 5.95 Å². The van der Waals surface area contributed by atoms with Gasteiger partial charge in [0.15, 0.2) is 5.82 Å². The number of likely N-dealkylation sites (tertiary alicyclic amines) is 1. The molecule has 0 saturated carbocycles. The van der Waals surface area contributed by atoms with Gasteiger partial charge in [-0.3, -0.25) is 0 Å². The van der Waals surface area contributed by atoms with Crippen LogP contribution in [0.4, 0.5) is 16.2 Å². The van der Waals surface area contributed by atoms with E-state index in [4.69, 9.17) is 4.74 Å². The van der Waals surface area contributed by atoms with Crippen LogP contribution in [0.15, 0.2) is 42.7 Å². The van der Waals surface area contributed by atoms with Gasteiger partial charge in [-0.2, -0.15) is 0 Å². The normalized spacial score (nSPS) is 15.1. The van der Waals surface area contributed by atoms with Crippen LogP contribution in [0.5, 0.6) is 5.75 Å². The zero-order valence-electron chi connectivity index (χ0n) is 21.2. The number of fused-ring (bicyclic) bond motifs is 1. The predicted molar refractivity (Wildman–Crippen MR) is 139 cm³/mol.